The van der Waals surface area contributed by atoms with Crippen LogP contribution in [0.25, 0.3) is 17.2 Å². The fourth-order valence-electron chi connectivity index (χ4n) is 3.16. The van der Waals surface area contributed by atoms with Gasteiger partial charge >= 0.3 is 5.97 Å². The van der Waals surface area contributed by atoms with Crippen molar-refractivity contribution in [3.63, 3.8) is 0 Å². The van der Waals surface area contributed by atoms with Crippen LogP contribution in [0, 0.1) is 13.8 Å². The van der Waals surface area contributed by atoms with Gasteiger partial charge in [-0.05, 0) is 50.2 Å². The number of aromatic nitrogens is 5. The monoisotopic (exact) mass is 469 g/mol. The minimum absolute atomic E-state index is 0.0404. The van der Waals surface area contributed by atoms with Crippen molar-refractivity contribution in [3.8, 4) is 28.7 Å². The van der Waals surface area contributed by atoms with Gasteiger partial charge in [0.05, 0.1) is 24.9 Å². The summed E-state index contributed by atoms with van der Waals surface area (Å²) in [5, 5.41) is 8.45. The number of hydrogen-bond donors (Lipinski definition) is 0. The number of carbonyl (C=O) groups is 1. The summed E-state index contributed by atoms with van der Waals surface area (Å²) in [6, 6.07) is 10.3. The molecule has 10 nitrogen and oxygen atoms in total. The van der Waals surface area contributed by atoms with Crippen molar-refractivity contribution in [1.82, 2.24) is 24.9 Å². The molecule has 0 unspecified atom stereocenters. The summed E-state index contributed by atoms with van der Waals surface area (Å²) in [5.74, 6) is 1.24. The standard InChI is InChI=1S/C22H20ClN5O5/c1-12-9-13(2)28(26-12)18-8-6-15(23)20(24-18)22(29)32-11-19-25-21(27-33-19)14-5-7-16(30-3)17(10-14)31-4/h5-10H,11H2,1-4H3. The highest BCUT2D eigenvalue weighted by atomic mass is 35.5. The molecule has 0 amide bonds. The molecular formula is C22H20ClN5O5. The van der Waals surface area contributed by atoms with Crippen molar-refractivity contribution in [2.45, 2.75) is 20.5 Å². The van der Waals surface area contributed by atoms with E-state index in [1.807, 2.05) is 19.9 Å². The summed E-state index contributed by atoms with van der Waals surface area (Å²) in [6.45, 7) is 3.51. The van der Waals surface area contributed by atoms with Gasteiger partial charge < -0.3 is 18.7 Å². The molecule has 0 N–H and O–H groups in total. The maximum Gasteiger partial charge on any atom is 0.359 e. The first kappa shape index (κ1) is 22.3. The zero-order valence-corrected chi connectivity index (χ0v) is 19.1. The molecule has 4 aromatic rings. The highest BCUT2D eigenvalue weighted by molar-refractivity contribution is 6.33. The molecule has 0 aliphatic heterocycles. The second kappa shape index (κ2) is 9.29. The zero-order chi connectivity index (χ0) is 23.5. The zero-order valence-electron chi connectivity index (χ0n) is 18.3. The number of halogens is 1. The predicted molar refractivity (Wildman–Crippen MR) is 118 cm³/mol. The SMILES string of the molecule is COc1ccc(-c2noc(COC(=O)c3nc(-n4nc(C)cc4C)ccc3Cl)n2)cc1OC. The van der Waals surface area contributed by atoms with Crippen molar-refractivity contribution in [2.75, 3.05) is 14.2 Å². The van der Waals surface area contributed by atoms with E-state index in [-0.39, 0.29) is 23.2 Å². The number of methoxy groups -OCH3 is 2. The van der Waals surface area contributed by atoms with Crippen LogP contribution in [0.5, 0.6) is 11.5 Å². The van der Waals surface area contributed by atoms with E-state index in [0.29, 0.717) is 28.7 Å². The number of rotatable bonds is 7. The van der Waals surface area contributed by atoms with Crippen LogP contribution < -0.4 is 9.47 Å². The fourth-order valence-corrected chi connectivity index (χ4v) is 3.34. The van der Waals surface area contributed by atoms with Crippen LogP contribution in [0.15, 0.2) is 40.9 Å². The Morgan fingerprint density at radius 2 is 1.85 bits per heavy atom. The Morgan fingerprint density at radius 1 is 1.06 bits per heavy atom. The molecule has 170 valence electrons. The van der Waals surface area contributed by atoms with E-state index in [9.17, 15) is 4.79 Å². The van der Waals surface area contributed by atoms with Crippen molar-refractivity contribution in [1.29, 1.82) is 0 Å². The van der Waals surface area contributed by atoms with Crippen LogP contribution in [-0.4, -0.2) is 45.1 Å². The number of hydrogen-bond acceptors (Lipinski definition) is 9. The third kappa shape index (κ3) is 4.65. The lowest BCUT2D eigenvalue weighted by atomic mass is 10.2. The minimum Gasteiger partial charge on any atom is -0.493 e. The largest absolute Gasteiger partial charge is 0.493 e. The Balaban J connectivity index is 1.48. The van der Waals surface area contributed by atoms with Crippen LogP contribution in [-0.2, 0) is 11.3 Å². The van der Waals surface area contributed by atoms with E-state index in [1.54, 1.807) is 42.1 Å². The number of esters is 1. The maximum absolute atomic E-state index is 12.6. The van der Waals surface area contributed by atoms with Gasteiger partial charge in [-0.1, -0.05) is 16.8 Å². The summed E-state index contributed by atoms with van der Waals surface area (Å²) < 4.78 is 22.6. The number of carbonyl (C=O) groups excluding carboxylic acids is 1. The lowest BCUT2D eigenvalue weighted by Crippen LogP contribution is -2.11. The number of nitrogens with zero attached hydrogens (tertiary/aromatic N) is 5. The second-order valence-corrected chi connectivity index (χ2v) is 7.40. The lowest BCUT2D eigenvalue weighted by Gasteiger charge is -2.08. The molecule has 0 aliphatic carbocycles. The van der Waals surface area contributed by atoms with Crippen LogP contribution in [0.1, 0.15) is 27.8 Å². The Labute approximate surface area is 194 Å². The summed E-state index contributed by atoms with van der Waals surface area (Å²) in [5.41, 5.74) is 2.31. The molecule has 3 heterocycles. The molecule has 0 aliphatic rings. The van der Waals surface area contributed by atoms with Gasteiger partial charge in [0.15, 0.2) is 29.6 Å². The van der Waals surface area contributed by atoms with E-state index >= 15 is 0 Å². The molecule has 1 aromatic carbocycles. The first-order valence-electron chi connectivity index (χ1n) is 9.82. The maximum atomic E-state index is 12.6. The molecule has 0 fully saturated rings. The summed E-state index contributed by atoms with van der Waals surface area (Å²) >= 11 is 6.18. The second-order valence-electron chi connectivity index (χ2n) is 7.00. The Morgan fingerprint density at radius 3 is 2.55 bits per heavy atom. The van der Waals surface area contributed by atoms with Gasteiger partial charge in [0.2, 0.25) is 5.82 Å². The van der Waals surface area contributed by atoms with Crippen LogP contribution in [0.4, 0.5) is 0 Å². The predicted octanol–water partition coefficient (Wildman–Crippen LogP) is 3.96. The normalized spacial score (nSPS) is 10.8. The smallest absolute Gasteiger partial charge is 0.359 e. The van der Waals surface area contributed by atoms with E-state index in [2.05, 4.69) is 20.2 Å². The van der Waals surface area contributed by atoms with Gasteiger partial charge in [-0.2, -0.15) is 10.1 Å². The molecule has 3 aromatic heterocycles. The quantitative estimate of drug-likeness (QED) is 0.371. The average Bonchev–Trinajstić information content (AvgIpc) is 3.43. The molecule has 11 heteroatoms. The third-order valence-corrected chi connectivity index (χ3v) is 4.99. The lowest BCUT2D eigenvalue weighted by molar-refractivity contribution is 0.0423. The van der Waals surface area contributed by atoms with E-state index in [1.165, 1.54) is 7.11 Å². The first-order valence-corrected chi connectivity index (χ1v) is 10.2. The van der Waals surface area contributed by atoms with Gasteiger partial charge in [0, 0.05) is 11.3 Å². The number of aryl methyl sites for hydroxylation is 2. The van der Waals surface area contributed by atoms with Gasteiger partial charge in [-0.15, -0.1) is 0 Å². The van der Waals surface area contributed by atoms with Gasteiger partial charge in [-0.25, -0.2) is 14.5 Å². The Hall–Kier alpha value is -3.92. The highest BCUT2D eigenvalue weighted by Gasteiger charge is 2.19. The molecule has 0 saturated heterocycles. The highest BCUT2D eigenvalue weighted by Crippen LogP contribution is 2.31. The third-order valence-electron chi connectivity index (χ3n) is 4.69. The molecule has 33 heavy (non-hydrogen) atoms. The van der Waals surface area contributed by atoms with Gasteiger partial charge in [0.1, 0.15) is 0 Å². The minimum atomic E-state index is -0.728. The van der Waals surface area contributed by atoms with E-state index in [4.69, 9.17) is 30.3 Å². The Bertz CT molecular complexity index is 1320. The van der Waals surface area contributed by atoms with Gasteiger partial charge in [0.25, 0.3) is 5.89 Å². The van der Waals surface area contributed by atoms with Crippen molar-refractivity contribution < 1.29 is 23.5 Å². The molecule has 0 spiro atoms. The fraction of sp³-hybridized carbons (Fsp3) is 0.227. The summed E-state index contributed by atoms with van der Waals surface area (Å²) in [4.78, 5) is 21.2. The average molecular weight is 470 g/mol. The molecule has 4 rings (SSSR count). The topological polar surface area (TPSA) is 114 Å². The molecule has 0 bridgehead atoms. The number of ether oxygens (including phenoxy) is 3. The van der Waals surface area contributed by atoms with Crippen LogP contribution in [0.2, 0.25) is 5.02 Å². The number of benzene rings is 1. The summed E-state index contributed by atoms with van der Waals surface area (Å²) in [7, 11) is 3.08. The molecule has 0 saturated carbocycles. The van der Waals surface area contributed by atoms with Crippen LogP contribution in [0.3, 0.4) is 0 Å². The van der Waals surface area contributed by atoms with Crippen LogP contribution >= 0.6 is 11.6 Å². The van der Waals surface area contributed by atoms with E-state index < -0.39 is 5.97 Å². The summed E-state index contributed by atoms with van der Waals surface area (Å²) in [6.07, 6.45) is 0. The molecule has 0 radical (unpaired) electrons. The Kier molecular flexibility index (Phi) is 6.27. The number of pyridine rings is 1. The molecular weight excluding hydrogens is 450 g/mol. The van der Waals surface area contributed by atoms with E-state index in [0.717, 1.165) is 11.4 Å². The van der Waals surface area contributed by atoms with Crippen molar-refractivity contribution in [2.24, 2.45) is 0 Å². The van der Waals surface area contributed by atoms with Gasteiger partial charge in [-0.3, -0.25) is 0 Å². The molecule has 0 atom stereocenters. The van der Waals surface area contributed by atoms with Crippen molar-refractivity contribution in [3.05, 3.63) is 64.4 Å². The van der Waals surface area contributed by atoms with Crippen molar-refractivity contribution >= 4 is 17.6 Å². The first-order chi connectivity index (χ1) is 15.9.